The van der Waals surface area contributed by atoms with E-state index in [1.54, 1.807) is 20.4 Å². The van der Waals surface area contributed by atoms with E-state index in [0.717, 1.165) is 11.1 Å². The van der Waals surface area contributed by atoms with E-state index >= 15 is 0 Å². The van der Waals surface area contributed by atoms with E-state index in [9.17, 15) is 0 Å². The maximum Gasteiger partial charge on any atom is 0.170 e. The molecule has 0 radical (unpaired) electrons. The van der Waals surface area contributed by atoms with Crippen LogP contribution in [0.25, 0.3) is 11.3 Å². The molecule has 0 saturated heterocycles. The van der Waals surface area contributed by atoms with Crippen molar-refractivity contribution >= 4 is 5.69 Å². The van der Waals surface area contributed by atoms with Crippen LogP contribution in [-0.2, 0) is 0 Å². The number of benzene rings is 1. The van der Waals surface area contributed by atoms with Crippen LogP contribution in [0.4, 0.5) is 5.69 Å². The van der Waals surface area contributed by atoms with Crippen molar-refractivity contribution in [3.63, 3.8) is 0 Å². The maximum atomic E-state index is 6.07. The lowest BCUT2D eigenvalue weighted by atomic mass is 10.1. The Balaban J connectivity index is 2.67. The average Bonchev–Trinajstić information content (AvgIpc) is 2.41. The third kappa shape index (κ3) is 1.97. The Morgan fingerprint density at radius 2 is 1.89 bits per heavy atom. The number of nitrogens with zero attached hydrogens (tertiary/aromatic N) is 1. The Kier molecular flexibility index (Phi) is 3.37. The van der Waals surface area contributed by atoms with Gasteiger partial charge in [0, 0.05) is 11.8 Å². The zero-order valence-electron chi connectivity index (χ0n) is 10.7. The first kappa shape index (κ1) is 12.2. The highest BCUT2D eigenvalue weighted by Crippen LogP contribution is 2.39. The molecular weight excluding hydrogens is 228 g/mol. The summed E-state index contributed by atoms with van der Waals surface area (Å²) in [7, 11) is 3.21. The molecule has 94 valence electrons. The molecular formula is C14H16N2O2. The highest BCUT2D eigenvalue weighted by Gasteiger charge is 2.15. The van der Waals surface area contributed by atoms with Crippen LogP contribution in [0, 0.1) is 6.92 Å². The molecule has 0 fully saturated rings. The smallest absolute Gasteiger partial charge is 0.170 e. The first-order chi connectivity index (χ1) is 8.69. The Hall–Kier alpha value is -2.23. The second kappa shape index (κ2) is 4.96. The van der Waals surface area contributed by atoms with Gasteiger partial charge in [-0.25, -0.2) is 0 Å². The zero-order valence-corrected chi connectivity index (χ0v) is 10.7. The van der Waals surface area contributed by atoms with Crippen LogP contribution in [0.3, 0.4) is 0 Å². The van der Waals surface area contributed by atoms with Crippen molar-refractivity contribution in [2.75, 3.05) is 20.0 Å². The standard InChI is InChI=1S/C14H16N2O2/c1-9-7-8-16-13(12(9)15)10-5-4-6-11(17-2)14(10)18-3/h4-8H,15H2,1-3H3. The van der Waals surface area contributed by atoms with E-state index in [-0.39, 0.29) is 0 Å². The summed E-state index contributed by atoms with van der Waals surface area (Å²) in [4.78, 5) is 4.33. The van der Waals surface area contributed by atoms with Gasteiger partial charge in [-0.15, -0.1) is 0 Å². The molecule has 4 nitrogen and oxygen atoms in total. The number of nitrogens with two attached hydrogens (primary N) is 1. The monoisotopic (exact) mass is 244 g/mol. The molecule has 0 unspecified atom stereocenters. The Morgan fingerprint density at radius 1 is 1.11 bits per heavy atom. The fraction of sp³-hybridized carbons (Fsp3) is 0.214. The molecule has 0 aliphatic rings. The van der Waals surface area contributed by atoms with Crippen molar-refractivity contribution in [1.29, 1.82) is 0 Å². The Bertz CT molecular complexity index is 568. The molecule has 4 heteroatoms. The number of ether oxygens (including phenoxy) is 2. The molecule has 0 saturated carbocycles. The van der Waals surface area contributed by atoms with E-state index in [1.165, 1.54) is 0 Å². The number of nitrogen functional groups attached to an aromatic ring is 1. The lowest BCUT2D eigenvalue weighted by molar-refractivity contribution is 0.356. The molecule has 1 heterocycles. The normalized spacial score (nSPS) is 10.2. The van der Waals surface area contributed by atoms with Gasteiger partial charge in [-0.05, 0) is 30.7 Å². The average molecular weight is 244 g/mol. The number of anilines is 1. The summed E-state index contributed by atoms with van der Waals surface area (Å²) < 4.78 is 10.7. The number of aromatic nitrogens is 1. The number of aryl methyl sites for hydroxylation is 1. The van der Waals surface area contributed by atoms with Crippen molar-refractivity contribution in [1.82, 2.24) is 4.98 Å². The number of pyridine rings is 1. The number of methoxy groups -OCH3 is 2. The van der Waals surface area contributed by atoms with Gasteiger partial charge in [0.05, 0.1) is 25.6 Å². The van der Waals surface area contributed by atoms with Crippen LogP contribution in [0.15, 0.2) is 30.5 Å². The number of hydrogen-bond donors (Lipinski definition) is 1. The Labute approximate surface area is 106 Å². The van der Waals surface area contributed by atoms with Gasteiger partial charge >= 0.3 is 0 Å². The van der Waals surface area contributed by atoms with Crippen LogP contribution in [-0.4, -0.2) is 19.2 Å². The second-order valence-electron chi connectivity index (χ2n) is 3.93. The molecule has 0 atom stereocenters. The molecule has 2 N–H and O–H groups in total. The highest BCUT2D eigenvalue weighted by molar-refractivity contribution is 5.80. The summed E-state index contributed by atoms with van der Waals surface area (Å²) in [6, 6.07) is 7.53. The summed E-state index contributed by atoms with van der Waals surface area (Å²) in [5, 5.41) is 0. The fourth-order valence-electron chi connectivity index (χ4n) is 1.86. The van der Waals surface area contributed by atoms with Gasteiger partial charge in [-0.3, -0.25) is 4.98 Å². The van der Waals surface area contributed by atoms with Crippen LogP contribution in [0.1, 0.15) is 5.56 Å². The lowest BCUT2D eigenvalue weighted by Crippen LogP contribution is -1.99. The largest absolute Gasteiger partial charge is 0.493 e. The van der Waals surface area contributed by atoms with Crippen LogP contribution < -0.4 is 15.2 Å². The molecule has 0 aliphatic heterocycles. The van der Waals surface area contributed by atoms with Crippen molar-refractivity contribution in [2.24, 2.45) is 0 Å². The fourth-order valence-corrected chi connectivity index (χ4v) is 1.86. The topological polar surface area (TPSA) is 57.4 Å². The minimum Gasteiger partial charge on any atom is -0.493 e. The molecule has 1 aromatic heterocycles. The van der Waals surface area contributed by atoms with Gasteiger partial charge in [-0.1, -0.05) is 6.07 Å². The second-order valence-corrected chi connectivity index (χ2v) is 3.93. The van der Waals surface area contributed by atoms with Crippen molar-refractivity contribution in [2.45, 2.75) is 6.92 Å². The molecule has 0 amide bonds. The van der Waals surface area contributed by atoms with Gasteiger partial charge in [0.2, 0.25) is 0 Å². The zero-order chi connectivity index (χ0) is 13.1. The summed E-state index contributed by atoms with van der Waals surface area (Å²) in [6.45, 7) is 1.95. The predicted octanol–water partition coefficient (Wildman–Crippen LogP) is 2.66. The summed E-state index contributed by atoms with van der Waals surface area (Å²) in [6.07, 6.45) is 1.74. The van der Waals surface area contributed by atoms with Crippen LogP contribution >= 0.6 is 0 Å². The molecule has 0 aliphatic carbocycles. The summed E-state index contributed by atoms with van der Waals surface area (Å²) in [5.74, 6) is 1.31. The van der Waals surface area contributed by atoms with Gasteiger partial charge in [0.15, 0.2) is 11.5 Å². The molecule has 0 spiro atoms. The van der Waals surface area contributed by atoms with Gasteiger partial charge in [0.25, 0.3) is 0 Å². The number of para-hydroxylation sites is 1. The summed E-state index contributed by atoms with van der Waals surface area (Å²) in [5.41, 5.74) is 9.26. The molecule has 0 bridgehead atoms. The van der Waals surface area contributed by atoms with Gasteiger partial charge < -0.3 is 15.2 Å². The molecule has 2 rings (SSSR count). The van der Waals surface area contributed by atoms with Crippen LogP contribution in [0.5, 0.6) is 11.5 Å². The molecule has 2 aromatic rings. The minimum absolute atomic E-state index is 0.643. The van der Waals surface area contributed by atoms with Crippen LogP contribution in [0.2, 0.25) is 0 Å². The van der Waals surface area contributed by atoms with E-state index in [2.05, 4.69) is 4.98 Å². The van der Waals surface area contributed by atoms with E-state index in [1.807, 2.05) is 31.2 Å². The summed E-state index contributed by atoms with van der Waals surface area (Å²) >= 11 is 0. The van der Waals surface area contributed by atoms with E-state index in [0.29, 0.717) is 22.9 Å². The SMILES string of the molecule is COc1cccc(-c2nccc(C)c2N)c1OC. The maximum absolute atomic E-state index is 6.07. The van der Waals surface area contributed by atoms with Gasteiger partial charge in [-0.2, -0.15) is 0 Å². The first-order valence-corrected chi connectivity index (χ1v) is 5.61. The van der Waals surface area contributed by atoms with Crippen molar-refractivity contribution in [3.05, 3.63) is 36.0 Å². The molecule has 18 heavy (non-hydrogen) atoms. The minimum atomic E-state index is 0.643. The van der Waals surface area contributed by atoms with E-state index in [4.69, 9.17) is 15.2 Å². The van der Waals surface area contributed by atoms with E-state index < -0.39 is 0 Å². The Morgan fingerprint density at radius 3 is 2.56 bits per heavy atom. The van der Waals surface area contributed by atoms with Gasteiger partial charge in [0.1, 0.15) is 0 Å². The predicted molar refractivity (Wildman–Crippen MR) is 71.9 cm³/mol. The third-order valence-electron chi connectivity index (χ3n) is 2.87. The third-order valence-corrected chi connectivity index (χ3v) is 2.87. The quantitative estimate of drug-likeness (QED) is 0.901. The molecule has 1 aromatic carbocycles. The lowest BCUT2D eigenvalue weighted by Gasteiger charge is -2.14. The van der Waals surface area contributed by atoms with Crippen molar-refractivity contribution in [3.8, 4) is 22.8 Å². The number of hydrogen-bond acceptors (Lipinski definition) is 4. The number of rotatable bonds is 3. The van der Waals surface area contributed by atoms with Crippen molar-refractivity contribution < 1.29 is 9.47 Å². The first-order valence-electron chi connectivity index (χ1n) is 5.61. The highest BCUT2D eigenvalue weighted by atomic mass is 16.5.